The normalized spacial score (nSPS) is 12.5. The lowest BCUT2D eigenvalue weighted by atomic mass is 10.0. The van der Waals surface area contributed by atoms with E-state index < -0.39 is 0 Å². The van der Waals surface area contributed by atoms with Crippen molar-refractivity contribution in [3.05, 3.63) is 28.5 Å². The number of aliphatic hydroxyl groups is 1. The maximum atomic E-state index is 11.7. The van der Waals surface area contributed by atoms with Crippen LogP contribution in [0.5, 0.6) is 0 Å². The minimum atomic E-state index is -0.388. The van der Waals surface area contributed by atoms with E-state index >= 15 is 0 Å². The topological polar surface area (TPSA) is 65.1 Å². The Kier molecular flexibility index (Phi) is 5.31. The minimum absolute atomic E-state index is 0.200. The molecule has 3 N–H and O–H groups in total. The van der Waals surface area contributed by atoms with Gasteiger partial charge in [0, 0.05) is 12.7 Å². The van der Waals surface area contributed by atoms with Gasteiger partial charge < -0.3 is 15.4 Å². The number of H-pyrrole nitrogens is 1. The quantitative estimate of drug-likeness (QED) is 0.703. The van der Waals surface area contributed by atoms with Crippen LogP contribution in [0.4, 0.5) is 0 Å². The fraction of sp³-hybridized carbons (Fsp3) is 0.500. The molecule has 1 aromatic heterocycles. The number of aliphatic hydroxyl groups excluding tert-OH is 1. The molecule has 1 atom stereocenters. The van der Waals surface area contributed by atoms with Gasteiger partial charge in [0.25, 0.3) is 5.91 Å². The summed E-state index contributed by atoms with van der Waals surface area (Å²) in [5.41, 5.74) is 0.460. The first-order valence-electron chi connectivity index (χ1n) is 5.66. The average molecular weight is 254 g/mol. The Labute approximate surface area is 106 Å². The summed E-state index contributed by atoms with van der Waals surface area (Å²) in [5, 5.41) is 12.3. The summed E-state index contributed by atoms with van der Waals surface area (Å²) in [4.78, 5) is 14.5. The Morgan fingerprint density at radius 2 is 2.29 bits per heavy atom. The van der Waals surface area contributed by atoms with E-state index in [1.54, 1.807) is 18.3 Å². The lowest BCUT2D eigenvalue weighted by molar-refractivity contribution is 0.0919. The molecule has 0 spiro atoms. The fourth-order valence-electron chi connectivity index (χ4n) is 1.36. The van der Waals surface area contributed by atoms with E-state index in [1.807, 2.05) is 13.8 Å². The molecule has 0 aliphatic rings. The number of rotatable bonds is 5. The summed E-state index contributed by atoms with van der Waals surface area (Å²) < 4.78 is 0.425. The van der Waals surface area contributed by atoms with Gasteiger partial charge in [0.2, 0.25) is 0 Å². The molecule has 0 saturated carbocycles. The Morgan fingerprint density at radius 3 is 2.88 bits per heavy atom. The van der Waals surface area contributed by atoms with Crippen molar-refractivity contribution in [3.8, 4) is 0 Å². The van der Waals surface area contributed by atoms with E-state index in [1.165, 1.54) is 0 Å². The van der Waals surface area contributed by atoms with Crippen LogP contribution in [0, 0.1) is 10.6 Å². The molecule has 1 rings (SSSR count). The Balaban J connectivity index is 2.46. The maximum Gasteiger partial charge on any atom is 0.254 e. The van der Waals surface area contributed by atoms with Gasteiger partial charge in [0.1, 0.15) is 4.64 Å². The van der Waals surface area contributed by atoms with Crippen LogP contribution >= 0.6 is 12.2 Å². The van der Waals surface area contributed by atoms with Crippen LogP contribution < -0.4 is 5.32 Å². The van der Waals surface area contributed by atoms with E-state index in [0.717, 1.165) is 0 Å². The smallest absolute Gasteiger partial charge is 0.254 e. The van der Waals surface area contributed by atoms with E-state index in [4.69, 9.17) is 12.2 Å². The van der Waals surface area contributed by atoms with Crippen molar-refractivity contribution in [2.75, 3.05) is 6.54 Å². The van der Waals surface area contributed by atoms with E-state index in [2.05, 4.69) is 10.3 Å². The van der Waals surface area contributed by atoms with Crippen LogP contribution in [0.25, 0.3) is 0 Å². The van der Waals surface area contributed by atoms with Gasteiger partial charge >= 0.3 is 0 Å². The lowest BCUT2D eigenvalue weighted by Gasteiger charge is -2.14. The number of aromatic amines is 1. The number of aromatic nitrogens is 1. The van der Waals surface area contributed by atoms with E-state index in [-0.39, 0.29) is 17.9 Å². The molecule has 4 nitrogen and oxygen atoms in total. The highest BCUT2D eigenvalue weighted by Gasteiger charge is 2.10. The lowest BCUT2D eigenvalue weighted by Crippen LogP contribution is -2.29. The van der Waals surface area contributed by atoms with Crippen LogP contribution in [0.15, 0.2) is 18.3 Å². The van der Waals surface area contributed by atoms with Gasteiger partial charge in [0.15, 0.2) is 0 Å². The van der Waals surface area contributed by atoms with Crippen LogP contribution in [0.2, 0.25) is 0 Å². The maximum absolute atomic E-state index is 11.7. The molecular weight excluding hydrogens is 236 g/mol. The third-order valence-corrected chi connectivity index (χ3v) is 2.90. The molecule has 0 bridgehead atoms. The first kappa shape index (κ1) is 13.9. The van der Waals surface area contributed by atoms with Gasteiger partial charge in [-0.1, -0.05) is 26.1 Å². The van der Waals surface area contributed by atoms with E-state index in [9.17, 15) is 9.90 Å². The number of pyridine rings is 1. The fourth-order valence-corrected chi connectivity index (χ4v) is 1.59. The first-order valence-corrected chi connectivity index (χ1v) is 6.07. The standard InChI is InChI=1S/C12H18N2O2S/c1-8(2)10(15)5-7-13-11(16)9-4-3-6-14-12(9)17/h3-4,6,8,10,15H,5,7H2,1-2H3,(H,13,16)(H,14,17). The van der Waals surface area contributed by atoms with Crippen molar-refractivity contribution < 1.29 is 9.90 Å². The van der Waals surface area contributed by atoms with Gasteiger partial charge in [-0.05, 0) is 24.5 Å². The predicted octanol–water partition coefficient (Wildman–Crippen LogP) is 1.88. The summed E-state index contributed by atoms with van der Waals surface area (Å²) in [6.45, 7) is 4.34. The third kappa shape index (κ3) is 4.28. The molecular formula is C12H18N2O2S. The van der Waals surface area contributed by atoms with Gasteiger partial charge in [-0.25, -0.2) is 0 Å². The highest BCUT2D eigenvalue weighted by atomic mass is 32.1. The van der Waals surface area contributed by atoms with Crippen molar-refractivity contribution in [2.45, 2.75) is 26.4 Å². The molecule has 94 valence electrons. The predicted molar refractivity (Wildman–Crippen MR) is 69.4 cm³/mol. The molecule has 0 aromatic carbocycles. The van der Waals surface area contributed by atoms with Crippen molar-refractivity contribution in [1.82, 2.24) is 10.3 Å². The van der Waals surface area contributed by atoms with Crippen molar-refractivity contribution >= 4 is 18.1 Å². The molecule has 0 aliphatic carbocycles. The highest BCUT2D eigenvalue weighted by molar-refractivity contribution is 7.71. The zero-order valence-corrected chi connectivity index (χ0v) is 10.9. The number of hydrogen-bond acceptors (Lipinski definition) is 3. The molecule has 1 unspecified atom stereocenters. The van der Waals surface area contributed by atoms with Gasteiger partial charge in [-0.15, -0.1) is 0 Å². The van der Waals surface area contributed by atoms with Crippen molar-refractivity contribution in [1.29, 1.82) is 0 Å². The second-order valence-electron chi connectivity index (χ2n) is 4.27. The molecule has 5 heteroatoms. The van der Waals surface area contributed by atoms with Crippen LogP contribution in [-0.4, -0.2) is 28.6 Å². The van der Waals surface area contributed by atoms with Gasteiger partial charge in [-0.3, -0.25) is 4.79 Å². The molecule has 0 aliphatic heterocycles. The zero-order valence-electron chi connectivity index (χ0n) is 10.1. The van der Waals surface area contributed by atoms with Gasteiger partial charge in [0.05, 0.1) is 11.7 Å². The molecule has 0 saturated heterocycles. The largest absolute Gasteiger partial charge is 0.393 e. The zero-order chi connectivity index (χ0) is 12.8. The minimum Gasteiger partial charge on any atom is -0.393 e. The summed E-state index contributed by atoms with van der Waals surface area (Å²) in [6, 6.07) is 3.40. The summed E-state index contributed by atoms with van der Waals surface area (Å²) >= 11 is 5.01. The second-order valence-corrected chi connectivity index (χ2v) is 4.68. The first-order chi connectivity index (χ1) is 8.02. The third-order valence-electron chi connectivity index (χ3n) is 2.56. The Hall–Kier alpha value is -1.20. The Bertz CT molecular complexity index is 429. The van der Waals surface area contributed by atoms with E-state index in [0.29, 0.717) is 23.2 Å². The number of hydrogen-bond donors (Lipinski definition) is 3. The number of amides is 1. The number of carbonyl (C=O) groups is 1. The van der Waals surface area contributed by atoms with Gasteiger partial charge in [-0.2, -0.15) is 0 Å². The summed E-state index contributed by atoms with van der Waals surface area (Å²) in [7, 11) is 0. The Morgan fingerprint density at radius 1 is 1.59 bits per heavy atom. The summed E-state index contributed by atoms with van der Waals surface area (Å²) in [6.07, 6.45) is 1.84. The average Bonchev–Trinajstić information content (AvgIpc) is 2.29. The van der Waals surface area contributed by atoms with Crippen LogP contribution in [0.1, 0.15) is 30.6 Å². The molecule has 1 heterocycles. The SMILES string of the molecule is CC(C)C(O)CCNC(=O)c1ccc[nH]c1=S. The molecule has 0 radical (unpaired) electrons. The van der Waals surface area contributed by atoms with Crippen LogP contribution in [0.3, 0.4) is 0 Å². The van der Waals surface area contributed by atoms with Crippen molar-refractivity contribution in [3.63, 3.8) is 0 Å². The second kappa shape index (κ2) is 6.51. The molecule has 1 aromatic rings. The number of carbonyl (C=O) groups excluding carboxylic acids is 1. The van der Waals surface area contributed by atoms with Crippen molar-refractivity contribution in [2.24, 2.45) is 5.92 Å². The molecule has 0 fully saturated rings. The monoisotopic (exact) mass is 254 g/mol. The van der Waals surface area contributed by atoms with Crippen LogP contribution in [-0.2, 0) is 0 Å². The molecule has 1 amide bonds. The summed E-state index contributed by atoms with van der Waals surface area (Å²) in [5.74, 6) is -0.00530. The molecule has 17 heavy (non-hydrogen) atoms. The number of nitrogens with one attached hydrogen (secondary N) is 2. The highest BCUT2D eigenvalue weighted by Crippen LogP contribution is 2.05.